The standard InChI is InChI=1S/C9H9Cl2NO4S/c1-15-3-4(13)12-6-5(10)8(11)17-7(6)9(14)16-2/h3H2,1-2H3,(H,12,13). The Hall–Kier alpha value is -0.820. The van der Waals surface area contributed by atoms with E-state index in [9.17, 15) is 9.59 Å². The van der Waals surface area contributed by atoms with Crippen molar-refractivity contribution in [3.63, 3.8) is 0 Å². The Kier molecular flexibility index (Phi) is 5.20. The lowest BCUT2D eigenvalue weighted by Gasteiger charge is -2.05. The molecule has 1 aromatic rings. The fourth-order valence-corrected chi connectivity index (χ4v) is 2.47. The highest BCUT2D eigenvalue weighted by atomic mass is 35.5. The highest BCUT2D eigenvalue weighted by Crippen LogP contribution is 2.41. The maximum absolute atomic E-state index is 11.4. The molecule has 1 rings (SSSR count). The Morgan fingerprint density at radius 2 is 2.00 bits per heavy atom. The summed E-state index contributed by atoms with van der Waals surface area (Å²) in [4.78, 5) is 22.9. The molecule has 0 aliphatic rings. The first-order valence-corrected chi connectivity index (χ1v) is 5.93. The summed E-state index contributed by atoms with van der Waals surface area (Å²) in [6.07, 6.45) is 0. The predicted molar refractivity (Wildman–Crippen MR) is 66.2 cm³/mol. The molecule has 0 atom stereocenters. The lowest BCUT2D eigenvalue weighted by molar-refractivity contribution is -0.119. The molecular weight excluding hydrogens is 289 g/mol. The van der Waals surface area contributed by atoms with Crippen molar-refractivity contribution in [1.82, 2.24) is 0 Å². The van der Waals surface area contributed by atoms with Crippen LogP contribution in [0, 0.1) is 0 Å². The molecule has 1 amide bonds. The molecule has 17 heavy (non-hydrogen) atoms. The average molecular weight is 298 g/mol. The number of thiophene rings is 1. The van der Waals surface area contributed by atoms with Gasteiger partial charge in [0.2, 0.25) is 5.91 Å². The van der Waals surface area contributed by atoms with Crippen LogP contribution in [0.3, 0.4) is 0 Å². The van der Waals surface area contributed by atoms with Gasteiger partial charge in [0.1, 0.15) is 15.8 Å². The first-order chi connectivity index (χ1) is 8.01. The lowest BCUT2D eigenvalue weighted by Crippen LogP contribution is -2.18. The van der Waals surface area contributed by atoms with Crippen LogP contribution in [0.5, 0.6) is 0 Å². The largest absolute Gasteiger partial charge is 0.465 e. The van der Waals surface area contributed by atoms with Crippen molar-refractivity contribution < 1.29 is 19.1 Å². The number of halogens is 2. The first kappa shape index (κ1) is 14.2. The third-order valence-corrected chi connectivity index (χ3v) is 3.69. The van der Waals surface area contributed by atoms with Gasteiger partial charge in [0, 0.05) is 7.11 Å². The molecule has 1 N–H and O–H groups in total. The van der Waals surface area contributed by atoms with Crippen LogP contribution in [0.4, 0.5) is 5.69 Å². The Morgan fingerprint density at radius 1 is 1.35 bits per heavy atom. The van der Waals surface area contributed by atoms with Gasteiger partial charge in [-0.2, -0.15) is 0 Å². The van der Waals surface area contributed by atoms with E-state index in [1.807, 2.05) is 0 Å². The number of nitrogens with one attached hydrogen (secondary N) is 1. The van der Waals surface area contributed by atoms with Crippen LogP contribution >= 0.6 is 34.5 Å². The number of carbonyl (C=O) groups is 2. The van der Waals surface area contributed by atoms with Crippen molar-refractivity contribution in [2.75, 3.05) is 26.1 Å². The molecule has 0 saturated heterocycles. The van der Waals surface area contributed by atoms with E-state index in [0.29, 0.717) is 0 Å². The smallest absolute Gasteiger partial charge is 0.350 e. The van der Waals surface area contributed by atoms with Crippen LogP contribution in [0.2, 0.25) is 9.36 Å². The second kappa shape index (κ2) is 6.20. The Balaban J connectivity index is 3.04. The molecule has 0 aliphatic carbocycles. The van der Waals surface area contributed by atoms with Crippen LogP contribution < -0.4 is 5.32 Å². The van der Waals surface area contributed by atoms with Crippen molar-refractivity contribution in [3.8, 4) is 0 Å². The minimum atomic E-state index is -0.614. The number of amides is 1. The molecule has 0 fully saturated rings. The van der Waals surface area contributed by atoms with Crippen molar-refractivity contribution in [2.24, 2.45) is 0 Å². The van der Waals surface area contributed by atoms with E-state index in [1.165, 1.54) is 14.2 Å². The molecule has 0 aromatic carbocycles. The summed E-state index contributed by atoms with van der Waals surface area (Å²) in [6.45, 7) is -0.148. The zero-order chi connectivity index (χ0) is 13.0. The van der Waals surface area contributed by atoms with Crippen LogP contribution in [-0.2, 0) is 14.3 Å². The number of rotatable bonds is 4. The molecule has 0 saturated carbocycles. The number of ether oxygens (including phenoxy) is 2. The normalized spacial score (nSPS) is 10.1. The molecule has 0 unspecified atom stereocenters. The zero-order valence-corrected chi connectivity index (χ0v) is 11.3. The molecule has 0 spiro atoms. The Bertz CT molecular complexity index is 446. The minimum absolute atomic E-state index is 0.113. The van der Waals surface area contributed by atoms with Gasteiger partial charge in [0.15, 0.2) is 0 Å². The minimum Gasteiger partial charge on any atom is -0.465 e. The first-order valence-electron chi connectivity index (χ1n) is 4.36. The monoisotopic (exact) mass is 297 g/mol. The van der Waals surface area contributed by atoms with E-state index in [-0.39, 0.29) is 26.5 Å². The van der Waals surface area contributed by atoms with Gasteiger partial charge in [-0.3, -0.25) is 4.79 Å². The molecule has 5 nitrogen and oxygen atoms in total. The third kappa shape index (κ3) is 3.32. The van der Waals surface area contributed by atoms with E-state index in [2.05, 4.69) is 14.8 Å². The summed E-state index contributed by atoms with van der Waals surface area (Å²) < 4.78 is 9.41. The second-order valence-electron chi connectivity index (χ2n) is 2.87. The van der Waals surface area contributed by atoms with Gasteiger partial charge in [-0.25, -0.2) is 4.79 Å². The van der Waals surface area contributed by atoms with Crippen LogP contribution in [0.25, 0.3) is 0 Å². The topological polar surface area (TPSA) is 64.6 Å². The number of methoxy groups -OCH3 is 2. The lowest BCUT2D eigenvalue weighted by atomic mass is 10.3. The third-order valence-electron chi connectivity index (χ3n) is 1.72. The molecular formula is C9H9Cl2NO4S. The predicted octanol–water partition coefficient (Wildman–Crippen LogP) is 2.43. The number of anilines is 1. The van der Waals surface area contributed by atoms with E-state index >= 15 is 0 Å². The van der Waals surface area contributed by atoms with E-state index in [4.69, 9.17) is 23.2 Å². The van der Waals surface area contributed by atoms with Crippen molar-refractivity contribution >= 4 is 52.1 Å². The summed E-state index contributed by atoms with van der Waals surface area (Å²) in [7, 11) is 2.60. The van der Waals surface area contributed by atoms with E-state index < -0.39 is 11.9 Å². The molecule has 0 aliphatic heterocycles. The van der Waals surface area contributed by atoms with Gasteiger partial charge >= 0.3 is 5.97 Å². The second-order valence-corrected chi connectivity index (χ2v) is 4.87. The summed E-state index contributed by atoms with van der Waals surface area (Å²) in [5, 5.41) is 2.56. The van der Waals surface area contributed by atoms with Gasteiger partial charge in [-0.05, 0) is 0 Å². The van der Waals surface area contributed by atoms with Gasteiger partial charge in [-0.1, -0.05) is 23.2 Å². The van der Waals surface area contributed by atoms with Crippen molar-refractivity contribution in [2.45, 2.75) is 0 Å². The summed E-state index contributed by atoms with van der Waals surface area (Å²) >= 11 is 12.6. The highest BCUT2D eigenvalue weighted by molar-refractivity contribution is 7.19. The molecule has 0 radical (unpaired) electrons. The highest BCUT2D eigenvalue weighted by Gasteiger charge is 2.23. The zero-order valence-electron chi connectivity index (χ0n) is 9.00. The van der Waals surface area contributed by atoms with Crippen molar-refractivity contribution in [1.29, 1.82) is 0 Å². The maximum atomic E-state index is 11.4. The Morgan fingerprint density at radius 3 is 2.53 bits per heavy atom. The van der Waals surface area contributed by atoms with Crippen LogP contribution in [0.1, 0.15) is 9.67 Å². The molecule has 0 bridgehead atoms. The fourth-order valence-electron chi connectivity index (χ4n) is 1.04. The SMILES string of the molecule is COCC(=O)Nc1c(C(=O)OC)sc(Cl)c1Cl. The number of esters is 1. The number of hydrogen-bond donors (Lipinski definition) is 1. The quantitative estimate of drug-likeness (QED) is 0.867. The number of carbonyl (C=O) groups excluding carboxylic acids is 2. The van der Waals surface area contributed by atoms with E-state index in [0.717, 1.165) is 11.3 Å². The average Bonchev–Trinajstić information content (AvgIpc) is 2.57. The number of hydrogen-bond acceptors (Lipinski definition) is 5. The summed E-state index contributed by atoms with van der Waals surface area (Å²) in [6, 6.07) is 0. The summed E-state index contributed by atoms with van der Waals surface area (Å²) in [5.74, 6) is -1.05. The molecule has 8 heteroatoms. The van der Waals surface area contributed by atoms with E-state index in [1.54, 1.807) is 0 Å². The fraction of sp³-hybridized carbons (Fsp3) is 0.333. The maximum Gasteiger partial charge on any atom is 0.350 e. The molecule has 1 heterocycles. The van der Waals surface area contributed by atoms with Gasteiger partial charge < -0.3 is 14.8 Å². The molecule has 1 aromatic heterocycles. The van der Waals surface area contributed by atoms with Gasteiger partial charge in [0.25, 0.3) is 0 Å². The van der Waals surface area contributed by atoms with Crippen LogP contribution in [0.15, 0.2) is 0 Å². The Labute approximate surface area is 112 Å². The summed E-state index contributed by atoms with van der Waals surface area (Å²) in [5.41, 5.74) is 0.149. The van der Waals surface area contributed by atoms with Crippen LogP contribution in [-0.4, -0.2) is 32.7 Å². The molecule has 94 valence electrons. The van der Waals surface area contributed by atoms with Crippen molar-refractivity contribution in [3.05, 3.63) is 14.2 Å². The van der Waals surface area contributed by atoms with Gasteiger partial charge in [-0.15, -0.1) is 11.3 Å². The van der Waals surface area contributed by atoms with Gasteiger partial charge in [0.05, 0.1) is 17.8 Å².